The van der Waals surface area contributed by atoms with E-state index in [0.29, 0.717) is 18.8 Å². The van der Waals surface area contributed by atoms with Crippen LogP contribution in [-0.2, 0) is 10.0 Å². The van der Waals surface area contributed by atoms with Gasteiger partial charge in [0.2, 0.25) is 10.0 Å². The SMILES string of the molecule is Cc1nc2ccc(NC(=O)c3cc(S(=O)(=O)N4CCCCC4)ccc3Cl)cc2s1. The fourth-order valence-electron chi connectivity index (χ4n) is 3.41. The molecule has 1 aromatic heterocycles. The van der Waals surface area contributed by atoms with Crippen LogP contribution in [0.3, 0.4) is 0 Å². The largest absolute Gasteiger partial charge is 0.322 e. The van der Waals surface area contributed by atoms with E-state index in [0.717, 1.165) is 34.5 Å². The van der Waals surface area contributed by atoms with Crippen LogP contribution in [0, 0.1) is 6.92 Å². The molecule has 1 aliphatic heterocycles. The van der Waals surface area contributed by atoms with Crippen molar-refractivity contribution >= 4 is 54.8 Å². The minimum atomic E-state index is -3.65. The molecule has 1 aliphatic rings. The van der Waals surface area contributed by atoms with Gasteiger partial charge in [-0.05, 0) is 56.2 Å². The van der Waals surface area contributed by atoms with Crippen molar-refractivity contribution in [3.63, 3.8) is 0 Å². The number of nitrogens with one attached hydrogen (secondary N) is 1. The summed E-state index contributed by atoms with van der Waals surface area (Å²) in [6.45, 7) is 2.93. The highest BCUT2D eigenvalue weighted by Crippen LogP contribution is 2.28. The average Bonchev–Trinajstić information content (AvgIpc) is 3.08. The highest BCUT2D eigenvalue weighted by Gasteiger charge is 2.27. The predicted molar refractivity (Wildman–Crippen MR) is 116 cm³/mol. The number of anilines is 1. The molecular formula is C20H20ClN3O3S2. The number of carbonyl (C=O) groups excluding carboxylic acids is 1. The van der Waals surface area contributed by atoms with E-state index in [-0.39, 0.29) is 15.5 Å². The number of halogens is 1. The highest BCUT2D eigenvalue weighted by molar-refractivity contribution is 7.89. The lowest BCUT2D eigenvalue weighted by molar-refractivity contribution is 0.102. The van der Waals surface area contributed by atoms with E-state index in [1.54, 1.807) is 17.4 Å². The Morgan fingerprint density at radius 1 is 1.14 bits per heavy atom. The lowest BCUT2D eigenvalue weighted by Gasteiger charge is -2.26. The minimum absolute atomic E-state index is 0.0856. The first-order valence-corrected chi connectivity index (χ1v) is 12.0. The summed E-state index contributed by atoms with van der Waals surface area (Å²) in [5.74, 6) is -0.453. The van der Waals surface area contributed by atoms with Crippen LogP contribution in [0.5, 0.6) is 0 Å². The monoisotopic (exact) mass is 449 g/mol. The molecule has 1 saturated heterocycles. The number of fused-ring (bicyclic) bond motifs is 1. The van der Waals surface area contributed by atoms with Gasteiger partial charge in [0.1, 0.15) is 0 Å². The molecule has 4 rings (SSSR count). The molecule has 152 valence electrons. The molecular weight excluding hydrogens is 430 g/mol. The van der Waals surface area contributed by atoms with Crippen molar-refractivity contribution in [1.82, 2.24) is 9.29 Å². The molecule has 0 bridgehead atoms. The normalized spacial score (nSPS) is 15.5. The number of rotatable bonds is 4. The van der Waals surface area contributed by atoms with Gasteiger partial charge in [-0.25, -0.2) is 13.4 Å². The highest BCUT2D eigenvalue weighted by atomic mass is 35.5. The summed E-state index contributed by atoms with van der Waals surface area (Å²) in [6.07, 6.45) is 2.73. The van der Waals surface area contributed by atoms with Crippen molar-refractivity contribution in [2.24, 2.45) is 0 Å². The molecule has 0 saturated carbocycles. The van der Waals surface area contributed by atoms with E-state index in [4.69, 9.17) is 11.6 Å². The standard InChI is InChI=1S/C20H20ClN3O3S2/c1-13-22-18-8-5-14(11-19(18)28-13)23-20(25)16-12-15(6-7-17(16)21)29(26,27)24-9-3-2-4-10-24/h5-8,11-12H,2-4,9-10H2,1H3,(H,23,25). The Balaban J connectivity index is 1.61. The fourth-order valence-corrected chi connectivity index (χ4v) is 6.02. The maximum Gasteiger partial charge on any atom is 0.257 e. The zero-order chi connectivity index (χ0) is 20.6. The fraction of sp³-hybridized carbons (Fsp3) is 0.300. The number of aromatic nitrogens is 1. The Morgan fingerprint density at radius 2 is 1.90 bits per heavy atom. The maximum atomic E-state index is 12.9. The Hall–Kier alpha value is -2.00. The summed E-state index contributed by atoms with van der Waals surface area (Å²) in [5.41, 5.74) is 1.61. The Labute approximate surface area is 178 Å². The zero-order valence-corrected chi connectivity index (χ0v) is 18.2. The third-order valence-electron chi connectivity index (χ3n) is 4.89. The van der Waals surface area contributed by atoms with E-state index in [1.807, 2.05) is 19.1 Å². The molecule has 1 fully saturated rings. The van der Waals surface area contributed by atoms with Crippen LogP contribution in [-0.4, -0.2) is 36.7 Å². The van der Waals surface area contributed by atoms with Crippen LogP contribution >= 0.6 is 22.9 Å². The minimum Gasteiger partial charge on any atom is -0.322 e. The number of benzene rings is 2. The molecule has 2 aromatic carbocycles. The van der Waals surface area contributed by atoms with Crippen LogP contribution in [0.1, 0.15) is 34.6 Å². The molecule has 6 nitrogen and oxygen atoms in total. The summed E-state index contributed by atoms with van der Waals surface area (Å²) >= 11 is 7.76. The zero-order valence-electron chi connectivity index (χ0n) is 15.8. The van der Waals surface area contributed by atoms with E-state index in [1.165, 1.54) is 22.5 Å². The van der Waals surface area contributed by atoms with Crippen LogP contribution in [0.4, 0.5) is 5.69 Å². The lowest BCUT2D eigenvalue weighted by Crippen LogP contribution is -2.35. The first-order chi connectivity index (χ1) is 13.8. The van der Waals surface area contributed by atoms with Gasteiger partial charge in [0.05, 0.1) is 30.7 Å². The van der Waals surface area contributed by atoms with Gasteiger partial charge in [-0.2, -0.15) is 4.31 Å². The van der Waals surface area contributed by atoms with Gasteiger partial charge in [0.15, 0.2) is 0 Å². The molecule has 29 heavy (non-hydrogen) atoms. The molecule has 0 unspecified atom stereocenters. The number of amides is 1. The number of aryl methyl sites for hydroxylation is 1. The molecule has 1 N–H and O–H groups in total. The second-order valence-corrected chi connectivity index (χ2v) is 10.6. The first kappa shape index (κ1) is 20.3. The van der Waals surface area contributed by atoms with Gasteiger partial charge in [0, 0.05) is 18.8 Å². The third-order valence-corrected chi connectivity index (χ3v) is 8.05. The van der Waals surface area contributed by atoms with E-state index in [9.17, 15) is 13.2 Å². The molecule has 9 heteroatoms. The van der Waals surface area contributed by atoms with Crippen molar-refractivity contribution in [2.45, 2.75) is 31.1 Å². The van der Waals surface area contributed by atoms with Crippen LogP contribution in [0.15, 0.2) is 41.3 Å². The molecule has 0 aliphatic carbocycles. The van der Waals surface area contributed by atoms with E-state index in [2.05, 4.69) is 10.3 Å². The van der Waals surface area contributed by atoms with Gasteiger partial charge in [0.25, 0.3) is 5.91 Å². The predicted octanol–water partition coefficient (Wildman–Crippen LogP) is 4.69. The number of nitrogens with zero attached hydrogens (tertiary/aromatic N) is 2. The first-order valence-electron chi connectivity index (χ1n) is 9.33. The third kappa shape index (κ3) is 4.16. The number of hydrogen-bond acceptors (Lipinski definition) is 5. The molecule has 1 amide bonds. The van der Waals surface area contributed by atoms with E-state index >= 15 is 0 Å². The van der Waals surface area contributed by atoms with Gasteiger partial charge >= 0.3 is 0 Å². The molecule has 0 spiro atoms. The second-order valence-electron chi connectivity index (χ2n) is 6.98. The van der Waals surface area contributed by atoms with Crippen molar-refractivity contribution in [1.29, 1.82) is 0 Å². The maximum absolute atomic E-state index is 12.9. The summed E-state index contributed by atoms with van der Waals surface area (Å²) in [6, 6.07) is 9.73. The van der Waals surface area contributed by atoms with Crippen molar-refractivity contribution in [2.75, 3.05) is 18.4 Å². The summed E-state index contributed by atoms with van der Waals surface area (Å²) in [5, 5.41) is 3.96. The summed E-state index contributed by atoms with van der Waals surface area (Å²) in [4.78, 5) is 17.3. The van der Waals surface area contributed by atoms with Gasteiger partial charge in [-0.1, -0.05) is 18.0 Å². The summed E-state index contributed by atoms with van der Waals surface area (Å²) < 4.78 is 28.3. The molecule has 3 aromatic rings. The Morgan fingerprint density at radius 3 is 2.66 bits per heavy atom. The average molecular weight is 450 g/mol. The number of thiazole rings is 1. The molecule has 2 heterocycles. The smallest absolute Gasteiger partial charge is 0.257 e. The molecule has 0 radical (unpaired) electrons. The Kier molecular flexibility index (Phi) is 5.61. The quantitative estimate of drug-likeness (QED) is 0.626. The van der Waals surface area contributed by atoms with Gasteiger partial charge < -0.3 is 5.32 Å². The Bertz CT molecular complexity index is 1180. The van der Waals surface area contributed by atoms with Crippen molar-refractivity contribution < 1.29 is 13.2 Å². The summed E-state index contributed by atoms with van der Waals surface area (Å²) in [7, 11) is -3.65. The molecule has 0 atom stereocenters. The van der Waals surface area contributed by atoms with E-state index < -0.39 is 15.9 Å². The van der Waals surface area contributed by atoms with Crippen LogP contribution < -0.4 is 5.32 Å². The van der Waals surface area contributed by atoms with Gasteiger partial charge in [-0.3, -0.25) is 4.79 Å². The number of piperidine rings is 1. The number of sulfonamides is 1. The van der Waals surface area contributed by atoms with Gasteiger partial charge in [-0.15, -0.1) is 11.3 Å². The van der Waals surface area contributed by atoms with Crippen LogP contribution in [0.25, 0.3) is 10.2 Å². The van der Waals surface area contributed by atoms with Crippen LogP contribution in [0.2, 0.25) is 5.02 Å². The van der Waals surface area contributed by atoms with Crippen molar-refractivity contribution in [3.8, 4) is 0 Å². The number of carbonyl (C=O) groups is 1. The lowest BCUT2D eigenvalue weighted by atomic mass is 10.2. The second kappa shape index (κ2) is 8.02. The topological polar surface area (TPSA) is 79.4 Å². The number of hydrogen-bond donors (Lipinski definition) is 1. The van der Waals surface area contributed by atoms with Crippen molar-refractivity contribution in [3.05, 3.63) is 52.0 Å².